The number of nitrogens with one attached hydrogen (secondary N) is 1. The molecule has 0 radical (unpaired) electrons. The summed E-state index contributed by atoms with van der Waals surface area (Å²) in [5.41, 5.74) is 4.42. The zero-order valence-electron chi connectivity index (χ0n) is 16.7. The second-order valence-electron chi connectivity index (χ2n) is 7.63. The molecule has 1 amide bonds. The summed E-state index contributed by atoms with van der Waals surface area (Å²) >= 11 is 0. The van der Waals surface area contributed by atoms with Crippen molar-refractivity contribution < 1.29 is 4.79 Å². The molecule has 1 N–H and O–H groups in total. The Morgan fingerprint density at radius 3 is 2.26 bits per heavy atom. The molecule has 0 bridgehead atoms. The Hall–Kier alpha value is -2.17. The monoisotopic (exact) mass is 365 g/mol. The first-order valence-electron chi connectivity index (χ1n) is 9.93. The minimum absolute atomic E-state index is 0.00136. The van der Waals surface area contributed by atoms with E-state index in [2.05, 4.69) is 60.4 Å². The average Bonchev–Trinajstić information content (AvgIpc) is 2.69. The second kappa shape index (κ2) is 9.16. The van der Waals surface area contributed by atoms with Crippen molar-refractivity contribution >= 4 is 5.91 Å². The zero-order chi connectivity index (χ0) is 19.2. The molecule has 2 aromatic rings. The molecule has 1 saturated heterocycles. The molecule has 144 valence electrons. The van der Waals surface area contributed by atoms with Gasteiger partial charge in [0.05, 0.1) is 0 Å². The topological polar surface area (TPSA) is 35.6 Å². The molecule has 4 heteroatoms. The highest BCUT2D eigenvalue weighted by molar-refractivity contribution is 5.94. The molecule has 1 heterocycles. The molecule has 0 saturated carbocycles. The van der Waals surface area contributed by atoms with Crippen LogP contribution in [0.1, 0.15) is 29.3 Å². The van der Waals surface area contributed by atoms with Crippen molar-refractivity contribution in [3.63, 3.8) is 0 Å². The van der Waals surface area contributed by atoms with Gasteiger partial charge in [0.15, 0.2) is 0 Å². The third kappa shape index (κ3) is 5.18. The highest BCUT2D eigenvalue weighted by Crippen LogP contribution is 2.21. The van der Waals surface area contributed by atoms with Crippen LogP contribution in [0.3, 0.4) is 0 Å². The molecular weight excluding hydrogens is 334 g/mol. The van der Waals surface area contributed by atoms with Gasteiger partial charge in [-0.05, 0) is 49.3 Å². The van der Waals surface area contributed by atoms with Crippen LogP contribution in [0.2, 0.25) is 0 Å². The molecule has 1 fully saturated rings. The number of rotatable bonds is 6. The normalized spacial score (nSPS) is 18.4. The summed E-state index contributed by atoms with van der Waals surface area (Å²) in [5.74, 6) is 0.00136. The number of carbonyl (C=O) groups is 1. The summed E-state index contributed by atoms with van der Waals surface area (Å²) in [6.07, 6.45) is 2.28. The van der Waals surface area contributed by atoms with Crippen molar-refractivity contribution in [2.24, 2.45) is 0 Å². The van der Waals surface area contributed by atoms with Crippen LogP contribution < -0.4 is 5.32 Å². The van der Waals surface area contributed by atoms with Gasteiger partial charge < -0.3 is 10.2 Å². The molecule has 4 nitrogen and oxygen atoms in total. The van der Waals surface area contributed by atoms with E-state index in [0.717, 1.165) is 38.0 Å². The van der Waals surface area contributed by atoms with Gasteiger partial charge in [-0.2, -0.15) is 0 Å². The molecule has 0 spiro atoms. The number of aryl methyl sites for hydroxylation is 1. The fraction of sp³-hybridized carbons (Fsp3) is 0.435. The van der Waals surface area contributed by atoms with E-state index in [1.54, 1.807) is 0 Å². The largest absolute Gasteiger partial charge is 0.350 e. The summed E-state index contributed by atoms with van der Waals surface area (Å²) in [6.45, 7) is 6.00. The van der Waals surface area contributed by atoms with E-state index in [-0.39, 0.29) is 5.91 Å². The van der Waals surface area contributed by atoms with E-state index in [4.69, 9.17) is 0 Å². The average molecular weight is 366 g/mol. The highest BCUT2D eigenvalue weighted by atomic mass is 16.1. The first-order valence-corrected chi connectivity index (χ1v) is 9.93. The Labute approximate surface area is 163 Å². The standard InChI is InChI=1S/C23H31N3O/c1-4-5-18-6-8-19(9-7-18)20-10-12-21(13-11-20)23(27)24-16-22-17-25(2)14-15-26(22)3/h6-13,22H,4-5,14-17H2,1-3H3,(H,24,27)/t22-/m0/s1. The molecule has 3 rings (SSSR count). The van der Waals surface area contributed by atoms with Gasteiger partial charge in [-0.25, -0.2) is 0 Å². The lowest BCUT2D eigenvalue weighted by Crippen LogP contribution is -2.54. The Morgan fingerprint density at radius 1 is 1.00 bits per heavy atom. The lowest BCUT2D eigenvalue weighted by atomic mass is 10.0. The van der Waals surface area contributed by atoms with Crippen LogP contribution in [0.4, 0.5) is 0 Å². The Kier molecular flexibility index (Phi) is 6.64. The van der Waals surface area contributed by atoms with Crippen molar-refractivity contribution in [1.82, 2.24) is 15.1 Å². The predicted molar refractivity (Wildman–Crippen MR) is 112 cm³/mol. The maximum Gasteiger partial charge on any atom is 0.251 e. The summed E-state index contributed by atoms with van der Waals surface area (Å²) in [6, 6.07) is 17.0. The lowest BCUT2D eigenvalue weighted by molar-refractivity contribution is 0.0881. The number of amides is 1. The fourth-order valence-electron chi connectivity index (χ4n) is 3.60. The third-order valence-corrected chi connectivity index (χ3v) is 5.45. The van der Waals surface area contributed by atoms with Crippen LogP contribution in [0.5, 0.6) is 0 Å². The quantitative estimate of drug-likeness (QED) is 0.853. The number of hydrogen-bond donors (Lipinski definition) is 1. The van der Waals surface area contributed by atoms with Crippen molar-refractivity contribution in [3.8, 4) is 11.1 Å². The third-order valence-electron chi connectivity index (χ3n) is 5.45. The van der Waals surface area contributed by atoms with Crippen LogP contribution in [0.25, 0.3) is 11.1 Å². The molecule has 27 heavy (non-hydrogen) atoms. The predicted octanol–water partition coefficient (Wildman–Crippen LogP) is 3.28. The van der Waals surface area contributed by atoms with Gasteiger partial charge in [-0.3, -0.25) is 9.69 Å². The minimum atomic E-state index is 0.00136. The molecule has 0 aromatic heterocycles. The first kappa shape index (κ1) is 19.6. The summed E-state index contributed by atoms with van der Waals surface area (Å²) in [5, 5.41) is 3.09. The Bertz CT molecular complexity index is 739. The van der Waals surface area contributed by atoms with Crippen LogP contribution in [-0.4, -0.2) is 62.0 Å². The minimum Gasteiger partial charge on any atom is -0.350 e. The molecular formula is C23H31N3O. The molecule has 0 unspecified atom stereocenters. The second-order valence-corrected chi connectivity index (χ2v) is 7.63. The molecule has 0 aliphatic carbocycles. The van der Waals surface area contributed by atoms with E-state index >= 15 is 0 Å². The summed E-state index contributed by atoms with van der Waals surface area (Å²) < 4.78 is 0. The SMILES string of the molecule is CCCc1ccc(-c2ccc(C(=O)NC[C@H]3CN(C)CCN3C)cc2)cc1. The lowest BCUT2D eigenvalue weighted by Gasteiger charge is -2.37. The maximum atomic E-state index is 12.5. The van der Waals surface area contributed by atoms with Crippen LogP contribution >= 0.6 is 0 Å². The maximum absolute atomic E-state index is 12.5. The van der Waals surface area contributed by atoms with Crippen LogP contribution in [0, 0.1) is 0 Å². The summed E-state index contributed by atoms with van der Waals surface area (Å²) in [7, 11) is 4.26. The highest BCUT2D eigenvalue weighted by Gasteiger charge is 2.22. The van der Waals surface area contributed by atoms with Crippen molar-refractivity contribution in [2.45, 2.75) is 25.8 Å². The number of likely N-dealkylation sites (N-methyl/N-ethyl adjacent to an activating group) is 2. The molecule has 1 atom stereocenters. The van der Waals surface area contributed by atoms with Crippen molar-refractivity contribution in [2.75, 3.05) is 40.3 Å². The molecule has 1 aliphatic rings. The van der Waals surface area contributed by atoms with Crippen molar-refractivity contribution in [1.29, 1.82) is 0 Å². The van der Waals surface area contributed by atoms with Gasteiger partial charge in [0.1, 0.15) is 0 Å². The number of carbonyl (C=O) groups excluding carboxylic acids is 1. The zero-order valence-corrected chi connectivity index (χ0v) is 16.7. The van der Waals surface area contributed by atoms with Gasteiger partial charge >= 0.3 is 0 Å². The number of piperazine rings is 1. The number of nitrogens with zero attached hydrogens (tertiary/aromatic N) is 2. The molecule has 2 aromatic carbocycles. The van der Waals surface area contributed by atoms with Crippen molar-refractivity contribution in [3.05, 3.63) is 59.7 Å². The van der Waals surface area contributed by atoms with E-state index in [0.29, 0.717) is 18.2 Å². The van der Waals surface area contributed by atoms with Crippen LogP contribution in [0.15, 0.2) is 48.5 Å². The fourth-order valence-corrected chi connectivity index (χ4v) is 3.60. The molecule has 1 aliphatic heterocycles. The van der Waals surface area contributed by atoms with E-state index in [1.165, 1.54) is 11.1 Å². The van der Waals surface area contributed by atoms with Gasteiger partial charge in [-0.15, -0.1) is 0 Å². The number of hydrogen-bond acceptors (Lipinski definition) is 3. The van der Waals surface area contributed by atoms with Gasteiger partial charge in [0.2, 0.25) is 0 Å². The van der Waals surface area contributed by atoms with Gasteiger partial charge in [-0.1, -0.05) is 49.7 Å². The van der Waals surface area contributed by atoms with Gasteiger partial charge in [0, 0.05) is 37.8 Å². The first-order chi connectivity index (χ1) is 13.1. The Balaban J connectivity index is 1.58. The smallest absolute Gasteiger partial charge is 0.251 e. The number of benzene rings is 2. The Morgan fingerprint density at radius 2 is 1.63 bits per heavy atom. The van der Waals surface area contributed by atoms with Gasteiger partial charge in [0.25, 0.3) is 5.91 Å². The van der Waals surface area contributed by atoms with E-state index < -0.39 is 0 Å². The van der Waals surface area contributed by atoms with E-state index in [9.17, 15) is 4.79 Å². The van der Waals surface area contributed by atoms with Crippen LogP contribution in [-0.2, 0) is 6.42 Å². The van der Waals surface area contributed by atoms with E-state index in [1.807, 2.05) is 24.3 Å². The summed E-state index contributed by atoms with van der Waals surface area (Å²) in [4.78, 5) is 17.1.